The Hall–Kier alpha value is -0.120. The molecule has 0 spiro atoms. The molecule has 0 amide bonds. The van der Waals surface area contributed by atoms with Gasteiger partial charge >= 0.3 is 0 Å². The van der Waals surface area contributed by atoms with Crippen molar-refractivity contribution in [1.82, 2.24) is 5.32 Å². The van der Waals surface area contributed by atoms with Crippen molar-refractivity contribution in [3.8, 4) is 0 Å². The Morgan fingerprint density at radius 3 is 2.48 bits per heavy atom. The molecule has 2 N–H and O–H groups in total. The molecule has 0 aliphatic heterocycles. The van der Waals surface area contributed by atoms with Crippen LogP contribution in [0.1, 0.15) is 78.1 Å². The molecule has 3 nitrogen and oxygen atoms in total. The number of hydrogen-bond donors (Lipinski definition) is 2. The minimum Gasteiger partial charge on any atom is -0.389 e. The molecule has 0 radical (unpaired) electrons. The van der Waals surface area contributed by atoms with Crippen molar-refractivity contribution in [2.24, 2.45) is 5.92 Å². The third kappa shape index (κ3) is 9.49. The normalized spacial score (nSPS) is 24.1. The molecule has 0 aromatic rings. The molecule has 1 aliphatic rings. The summed E-state index contributed by atoms with van der Waals surface area (Å²) in [5, 5.41) is 13.4. The summed E-state index contributed by atoms with van der Waals surface area (Å²) in [6.07, 6.45) is 12.5. The number of rotatable bonds is 12. The predicted octanol–water partition coefficient (Wildman–Crippen LogP) is 3.89. The van der Waals surface area contributed by atoms with Crippen molar-refractivity contribution in [2.45, 2.75) is 90.2 Å². The fourth-order valence-electron chi connectivity index (χ4n) is 3.28. The van der Waals surface area contributed by atoms with Crippen LogP contribution in [-0.4, -0.2) is 37.0 Å². The highest BCUT2D eigenvalue weighted by Gasteiger charge is 2.20. The van der Waals surface area contributed by atoms with E-state index in [4.69, 9.17) is 4.74 Å². The average molecular weight is 299 g/mol. The van der Waals surface area contributed by atoms with E-state index in [0.29, 0.717) is 19.2 Å². The fourth-order valence-corrected chi connectivity index (χ4v) is 3.28. The van der Waals surface area contributed by atoms with E-state index < -0.39 is 0 Å². The van der Waals surface area contributed by atoms with Gasteiger partial charge in [-0.25, -0.2) is 0 Å². The lowest BCUT2D eigenvalue weighted by molar-refractivity contribution is 0.0331. The van der Waals surface area contributed by atoms with Gasteiger partial charge < -0.3 is 15.2 Å². The van der Waals surface area contributed by atoms with Crippen LogP contribution in [0.2, 0.25) is 0 Å². The topological polar surface area (TPSA) is 41.5 Å². The highest BCUT2D eigenvalue weighted by atomic mass is 16.5. The van der Waals surface area contributed by atoms with Gasteiger partial charge in [-0.05, 0) is 38.0 Å². The van der Waals surface area contributed by atoms with Gasteiger partial charge in [0, 0.05) is 19.2 Å². The van der Waals surface area contributed by atoms with E-state index in [1.165, 1.54) is 57.8 Å². The molecule has 0 heterocycles. The number of aliphatic hydroxyl groups excluding tert-OH is 1. The maximum absolute atomic E-state index is 9.93. The molecule has 1 rings (SSSR count). The fraction of sp³-hybridized carbons (Fsp3) is 1.00. The maximum Gasteiger partial charge on any atom is 0.0897 e. The van der Waals surface area contributed by atoms with E-state index in [1.54, 1.807) is 0 Å². The largest absolute Gasteiger partial charge is 0.389 e. The van der Waals surface area contributed by atoms with Crippen LogP contribution in [0.25, 0.3) is 0 Å². The van der Waals surface area contributed by atoms with Gasteiger partial charge in [-0.15, -0.1) is 0 Å². The molecule has 1 atom stereocenters. The standard InChI is InChI=1S/C18H37NO2/c1-3-5-6-7-13-21-15-18(20)14-19-17-11-9-16(8-4-2)10-12-17/h16-20H,3-15H2,1-2H3. The van der Waals surface area contributed by atoms with Crippen LogP contribution in [0.4, 0.5) is 0 Å². The zero-order valence-electron chi connectivity index (χ0n) is 14.3. The number of hydrogen-bond acceptors (Lipinski definition) is 3. The number of ether oxygens (including phenoxy) is 1. The van der Waals surface area contributed by atoms with E-state index in [0.717, 1.165) is 18.9 Å². The summed E-state index contributed by atoms with van der Waals surface area (Å²) in [6, 6.07) is 0.609. The quantitative estimate of drug-likeness (QED) is 0.537. The smallest absolute Gasteiger partial charge is 0.0897 e. The molecular weight excluding hydrogens is 262 g/mol. The first-order valence-corrected chi connectivity index (χ1v) is 9.25. The van der Waals surface area contributed by atoms with E-state index in [9.17, 15) is 5.11 Å². The molecule has 1 unspecified atom stereocenters. The van der Waals surface area contributed by atoms with E-state index in [2.05, 4.69) is 19.2 Å². The minimum atomic E-state index is -0.357. The van der Waals surface area contributed by atoms with Crippen molar-refractivity contribution >= 4 is 0 Å². The number of aliphatic hydroxyl groups is 1. The molecule has 3 heteroatoms. The van der Waals surface area contributed by atoms with E-state index >= 15 is 0 Å². The van der Waals surface area contributed by atoms with Crippen molar-refractivity contribution in [1.29, 1.82) is 0 Å². The molecular formula is C18H37NO2. The van der Waals surface area contributed by atoms with Crippen molar-refractivity contribution in [2.75, 3.05) is 19.8 Å². The van der Waals surface area contributed by atoms with Gasteiger partial charge in [-0.3, -0.25) is 0 Å². The number of nitrogens with one attached hydrogen (secondary N) is 1. The first-order chi connectivity index (χ1) is 10.3. The Kier molecular flexibility index (Phi) is 11.2. The third-order valence-corrected chi connectivity index (χ3v) is 4.64. The minimum absolute atomic E-state index is 0.357. The van der Waals surface area contributed by atoms with Crippen LogP contribution in [0, 0.1) is 5.92 Å². The second kappa shape index (κ2) is 12.4. The van der Waals surface area contributed by atoms with Crippen LogP contribution in [0.5, 0.6) is 0 Å². The summed E-state index contributed by atoms with van der Waals surface area (Å²) < 4.78 is 5.54. The molecule has 126 valence electrons. The summed E-state index contributed by atoms with van der Waals surface area (Å²) in [5.41, 5.74) is 0. The monoisotopic (exact) mass is 299 g/mol. The second-order valence-corrected chi connectivity index (χ2v) is 6.70. The Morgan fingerprint density at radius 1 is 1.05 bits per heavy atom. The van der Waals surface area contributed by atoms with Crippen molar-refractivity contribution in [3.05, 3.63) is 0 Å². The summed E-state index contributed by atoms with van der Waals surface area (Å²) >= 11 is 0. The lowest BCUT2D eigenvalue weighted by Crippen LogP contribution is -2.39. The molecule has 0 aromatic carbocycles. The zero-order valence-corrected chi connectivity index (χ0v) is 14.3. The average Bonchev–Trinajstić information content (AvgIpc) is 2.50. The van der Waals surface area contributed by atoms with Crippen molar-refractivity contribution in [3.63, 3.8) is 0 Å². The second-order valence-electron chi connectivity index (χ2n) is 6.70. The van der Waals surface area contributed by atoms with Crippen LogP contribution in [-0.2, 0) is 4.74 Å². The SMILES string of the molecule is CCCCCCOCC(O)CNC1CCC(CCC)CC1. The van der Waals surface area contributed by atoms with Crippen LogP contribution in [0.15, 0.2) is 0 Å². The highest BCUT2D eigenvalue weighted by molar-refractivity contribution is 4.77. The van der Waals surface area contributed by atoms with Gasteiger partial charge in [0.05, 0.1) is 12.7 Å². The van der Waals surface area contributed by atoms with Gasteiger partial charge in [0.2, 0.25) is 0 Å². The van der Waals surface area contributed by atoms with E-state index in [-0.39, 0.29) is 6.10 Å². The molecule has 1 aliphatic carbocycles. The zero-order chi connectivity index (χ0) is 15.3. The van der Waals surface area contributed by atoms with Gasteiger partial charge in [0.1, 0.15) is 0 Å². The molecule has 1 saturated carbocycles. The lowest BCUT2D eigenvalue weighted by atomic mass is 9.83. The van der Waals surface area contributed by atoms with Crippen molar-refractivity contribution < 1.29 is 9.84 Å². The van der Waals surface area contributed by atoms with E-state index in [1.807, 2.05) is 0 Å². The molecule has 0 bridgehead atoms. The Balaban J connectivity index is 1.94. The Bertz CT molecular complexity index is 227. The molecule has 21 heavy (non-hydrogen) atoms. The molecule has 0 aromatic heterocycles. The Morgan fingerprint density at radius 2 is 1.81 bits per heavy atom. The van der Waals surface area contributed by atoms with Crippen LogP contribution in [0.3, 0.4) is 0 Å². The lowest BCUT2D eigenvalue weighted by Gasteiger charge is -2.29. The van der Waals surface area contributed by atoms with Gasteiger partial charge in [-0.1, -0.05) is 46.0 Å². The number of unbranched alkanes of at least 4 members (excludes halogenated alkanes) is 3. The summed E-state index contributed by atoms with van der Waals surface area (Å²) in [7, 11) is 0. The maximum atomic E-state index is 9.93. The summed E-state index contributed by atoms with van der Waals surface area (Å²) in [5.74, 6) is 0.949. The van der Waals surface area contributed by atoms with Gasteiger partial charge in [-0.2, -0.15) is 0 Å². The third-order valence-electron chi connectivity index (χ3n) is 4.64. The first kappa shape index (κ1) is 18.9. The summed E-state index contributed by atoms with van der Waals surface area (Å²) in [6.45, 7) is 6.44. The first-order valence-electron chi connectivity index (χ1n) is 9.25. The highest BCUT2D eigenvalue weighted by Crippen LogP contribution is 2.27. The summed E-state index contributed by atoms with van der Waals surface area (Å²) in [4.78, 5) is 0. The Labute approximate surface area is 131 Å². The molecule has 0 saturated heterocycles. The van der Waals surface area contributed by atoms with Gasteiger partial charge in [0.25, 0.3) is 0 Å². The van der Waals surface area contributed by atoms with Gasteiger partial charge in [0.15, 0.2) is 0 Å². The van der Waals surface area contributed by atoms with Crippen LogP contribution < -0.4 is 5.32 Å². The van der Waals surface area contributed by atoms with Crippen LogP contribution >= 0.6 is 0 Å². The molecule has 1 fully saturated rings. The predicted molar refractivity (Wildman–Crippen MR) is 89.6 cm³/mol.